The van der Waals surface area contributed by atoms with Crippen molar-refractivity contribution >= 4 is 22.9 Å². The Bertz CT molecular complexity index is 1040. The summed E-state index contributed by atoms with van der Waals surface area (Å²) in [6, 6.07) is 5.61. The Kier molecular flexibility index (Phi) is 3.95. The van der Waals surface area contributed by atoms with E-state index in [0.29, 0.717) is 18.1 Å². The van der Waals surface area contributed by atoms with Crippen LogP contribution in [0.25, 0.3) is 16.5 Å². The van der Waals surface area contributed by atoms with Gasteiger partial charge >= 0.3 is 0 Å². The lowest BCUT2D eigenvalue weighted by Gasteiger charge is -1.99. The Hall–Kier alpha value is -3.13. The van der Waals surface area contributed by atoms with Crippen molar-refractivity contribution in [2.75, 3.05) is 0 Å². The minimum absolute atomic E-state index is 0.230. The highest BCUT2D eigenvalue weighted by Crippen LogP contribution is 2.19. The smallest absolute Gasteiger partial charge is 0.271 e. The van der Waals surface area contributed by atoms with Crippen molar-refractivity contribution < 1.29 is 4.79 Å². The van der Waals surface area contributed by atoms with Crippen molar-refractivity contribution in [1.29, 1.82) is 0 Å². The van der Waals surface area contributed by atoms with Crippen LogP contribution >= 0.6 is 11.3 Å². The number of carbonyl (C=O) groups excluding carboxylic acids is 1. The predicted octanol–water partition coefficient (Wildman–Crippen LogP) is 2.49. The number of nitrogens with zero attached hydrogens (tertiary/aromatic N) is 5. The van der Waals surface area contributed by atoms with Crippen molar-refractivity contribution in [2.24, 2.45) is 0 Å². The van der Waals surface area contributed by atoms with E-state index in [1.54, 1.807) is 24.7 Å². The maximum Gasteiger partial charge on any atom is 0.271 e. The van der Waals surface area contributed by atoms with E-state index < -0.39 is 0 Å². The zero-order valence-corrected chi connectivity index (χ0v) is 14.2. The number of pyridine rings is 1. The fraction of sp³-hybridized carbons (Fsp3) is 0.118. The third kappa shape index (κ3) is 3.24. The molecule has 0 unspecified atom stereocenters. The van der Waals surface area contributed by atoms with E-state index in [1.165, 1.54) is 11.3 Å². The van der Waals surface area contributed by atoms with Gasteiger partial charge in [-0.1, -0.05) is 6.07 Å². The van der Waals surface area contributed by atoms with Gasteiger partial charge in [-0.3, -0.25) is 4.79 Å². The summed E-state index contributed by atoms with van der Waals surface area (Å²) in [5.41, 5.74) is 3.00. The van der Waals surface area contributed by atoms with Crippen LogP contribution < -0.4 is 5.32 Å². The molecule has 124 valence electrons. The third-order valence-electron chi connectivity index (χ3n) is 3.57. The number of aryl methyl sites for hydroxylation is 1. The van der Waals surface area contributed by atoms with Crippen LogP contribution in [0, 0.1) is 6.92 Å². The lowest BCUT2D eigenvalue weighted by atomic mass is 10.3. The summed E-state index contributed by atoms with van der Waals surface area (Å²) in [5.74, 6) is 0.354. The van der Waals surface area contributed by atoms with Crippen LogP contribution in [-0.4, -0.2) is 30.2 Å². The number of carbonyl (C=O) groups is 1. The van der Waals surface area contributed by atoms with Crippen LogP contribution in [0.4, 0.5) is 0 Å². The van der Waals surface area contributed by atoms with E-state index in [-0.39, 0.29) is 5.91 Å². The third-order valence-corrected chi connectivity index (χ3v) is 4.46. The average molecular weight is 350 g/mol. The molecule has 4 heterocycles. The molecule has 7 nitrogen and oxygen atoms in total. The van der Waals surface area contributed by atoms with Gasteiger partial charge in [-0.15, -0.1) is 11.3 Å². The second-order valence-corrected chi connectivity index (χ2v) is 6.36. The van der Waals surface area contributed by atoms with E-state index in [4.69, 9.17) is 0 Å². The second kappa shape index (κ2) is 6.40. The Morgan fingerprint density at radius 3 is 2.88 bits per heavy atom. The van der Waals surface area contributed by atoms with E-state index in [9.17, 15) is 4.79 Å². The molecule has 0 atom stereocenters. The Balaban J connectivity index is 1.45. The van der Waals surface area contributed by atoms with Crippen LogP contribution in [0.5, 0.6) is 0 Å². The molecule has 0 aliphatic rings. The Labute approximate surface area is 147 Å². The molecule has 4 aromatic heterocycles. The van der Waals surface area contributed by atoms with Crippen LogP contribution in [0.15, 0.2) is 48.4 Å². The Morgan fingerprint density at radius 1 is 1.20 bits per heavy atom. The van der Waals surface area contributed by atoms with Crippen molar-refractivity contribution in [2.45, 2.75) is 13.5 Å². The molecule has 25 heavy (non-hydrogen) atoms. The number of aromatic nitrogens is 5. The zero-order valence-electron chi connectivity index (χ0n) is 13.4. The highest BCUT2D eigenvalue weighted by Gasteiger charge is 2.12. The topological polar surface area (TPSA) is 85.1 Å². The molecule has 0 saturated heterocycles. The molecule has 0 bridgehead atoms. The minimum atomic E-state index is -0.230. The fourth-order valence-electron chi connectivity index (χ4n) is 2.37. The molecule has 0 aliphatic heterocycles. The van der Waals surface area contributed by atoms with Gasteiger partial charge in [0.25, 0.3) is 5.91 Å². The first kappa shape index (κ1) is 15.4. The summed E-state index contributed by atoms with van der Waals surface area (Å²) in [5, 5.41) is 5.46. The van der Waals surface area contributed by atoms with E-state index in [2.05, 4.69) is 25.3 Å². The minimum Gasteiger partial charge on any atom is -0.345 e. The van der Waals surface area contributed by atoms with Gasteiger partial charge in [0.05, 0.1) is 12.2 Å². The van der Waals surface area contributed by atoms with Gasteiger partial charge < -0.3 is 9.72 Å². The first-order chi connectivity index (χ1) is 12.2. The normalized spacial score (nSPS) is 10.9. The fourth-order valence-corrected chi connectivity index (χ4v) is 3.14. The SMILES string of the molecule is Cc1ccc2nc(C(=O)NCc3csc(-c4ncccn4)n3)cn2c1. The quantitative estimate of drug-likeness (QED) is 0.611. The van der Waals surface area contributed by atoms with Gasteiger partial charge in [-0.25, -0.2) is 19.9 Å². The van der Waals surface area contributed by atoms with E-state index in [0.717, 1.165) is 21.9 Å². The lowest BCUT2D eigenvalue weighted by Crippen LogP contribution is -2.23. The maximum atomic E-state index is 12.3. The van der Waals surface area contributed by atoms with Crippen molar-refractivity contribution in [1.82, 2.24) is 29.7 Å². The number of rotatable bonds is 4. The van der Waals surface area contributed by atoms with Gasteiger partial charge in [0, 0.05) is 30.2 Å². The second-order valence-electron chi connectivity index (χ2n) is 5.50. The molecule has 0 aromatic carbocycles. The van der Waals surface area contributed by atoms with Crippen molar-refractivity contribution in [3.63, 3.8) is 0 Å². The number of hydrogen-bond donors (Lipinski definition) is 1. The van der Waals surface area contributed by atoms with Crippen LogP contribution in [0.1, 0.15) is 21.7 Å². The van der Waals surface area contributed by atoms with Gasteiger partial charge in [0.2, 0.25) is 0 Å². The van der Waals surface area contributed by atoms with Crippen molar-refractivity contribution in [3.8, 4) is 10.8 Å². The first-order valence-corrected chi connectivity index (χ1v) is 8.52. The number of hydrogen-bond acceptors (Lipinski definition) is 6. The molecule has 4 rings (SSSR count). The lowest BCUT2D eigenvalue weighted by molar-refractivity contribution is 0.0946. The molecular weight excluding hydrogens is 336 g/mol. The first-order valence-electron chi connectivity index (χ1n) is 7.64. The molecule has 0 aliphatic carbocycles. The van der Waals surface area contributed by atoms with Gasteiger partial charge in [-0.2, -0.15) is 0 Å². The summed E-state index contributed by atoms with van der Waals surface area (Å²) < 4.78 is 1.85. The average Bonchev–Trinajstić information content (AvgIpc) is 3.27. The molecule has 0 radical (unpaired) electrons. The van der Waals surface area contributed by atoms with Gasteiger partial charge in [0.1, 0.15) is 11.3 Å². The standard InChI is InChI=1S/C17H14N6OS/c1-11-3-4-14-22-13(9-23(14)8-11)16(24)20-7-12-10-25-17(21-12)15-18-5-2-6-19-15/h2-6,8-10H,7H2,1H3,(H,20,24). The van der Waals surface area contributed by atoms with Crippen LogP contribution in [-0.2, 0) is 6.54 Å². The molecule has 1 N–H and O–H groups in total. The molecule has 0 spiro atoms. The maximum absolute atomic E-state index is 12.3. The monoisotopic (exact) mass is 350 g/mol. The number of fused-ring (bicyclic) bond motifs is 1. The number of thiazole rings is 1. The largest absolute Gasteiger partial charge is 0.345 e. The van der Waals surface area contributed by atoms with Crippen LogP contribution in [0.3, 0.4) is 0 Å². The molecular formula is C17H14N6OS. The van der Waals surface area contributed by atoms with Gasteiger partial charge in [0.15, 0.2) is 10.8 Å². The summed E-state index contributed by atoms with van der Waals surface area (Å²) in [6.45, 7) is 2.32. The number of nitrogens with one attached hydrogen (secondary N) is 1. The van der Waals surface area contributed by atoms with Crippen molar-refractivity contribution in [3.05, 3.63) is 65.3 Å². The summed E-state index contributed by atoms with van der Waals surface area (Å²) in [6.07, 6.45) is 7.01. The molecule has 1 amide bonds. The predicted molar refractivity (Wildman–Crippen MR) is 94.2 cm³/mol. The molecule has 8 heteroatoms. The summed E-state index contributed by atoms with van der Waals surface area (Å²) >= 11 is 1.45. The molecule has 4 aromatic rings. The van der Waals surface area contributed by atoms with Gasteiger partial charge in [-0.05, 0) is 24.6 Å². The van der Waals surface area contributed by atoms with E-state index in [1.807, 2.05) is 35.0 Å². The summed E-state index contributed by atoms with van der Waals surface area (Å²) in [7, 11) is 0. The van der Waals surface area contributed by atoms with E-state index >= 15 is 0 Å². The highest BCUT2D eigenvalue weighted by molar-refractivity contribution is 7.13. The molecule has 0 saturated carbocycles. The highest BCUT2D eigenvalue weighted by atomic mass is 32.1. The number of imidazole rings is 1. The zero-order chi connectivity index (χ0) is 17.2. The van der Waals surface area contributed by atoms with Crippen LogP contribution in [0.2, 0.25) is 0 Å². The summed E-state index contributed by atoms with van der Waals surface area (Å²) in [4.78, 5) is 29.4. The molecule has 0 fully saturated rings. The Morgan fingerprint density at radius 2 is 2.04 bits per heavy atom. The number of amides is 1.